The van der Waals surface area contributed by atoms with Gasteiger partial charge in [0.25, 0.3) is 0 Å². The molecule has 0 aliphatic rings. The molecule has 0 fully saturated rings. The first-order valence-corrected chi connectivity index (χ1v) is 7.18. The molecule has 100 valence electrons. The fourth-order valence-corrected chi connectivity index (χ4v) is 1.57. The lowest BCUT2D eigenvalue weighted by Gasteiger charge is -2.11. The highest BCUT2D eigenvalue weighted by molar-refractivity contribution is 6.04. The van der Waals surface area contributed by atoms with Crippen molar-refractivity contribution in [2.24, 2.45) is 9.98 Å². The SMILES string of the molecule is CCC(CC(CC)=NC(C)CC)=NC(C)CC. The molecule has 0 aliphatic heterocycles. The number of hydrogen-bond acceptors (Lipinski definition) is 2. The summed E-state index contributed by atoms with van der Waals surface area (Å²) >= 11 is 0. The molecule has 0 N–H and O–H groups in total. The Morgan fingerprint density at radius 3 is 1.35 bits per heavy atom. The predicted octanol–water partition coefficient (Wildman–Crippen LogP) is 4.68. The van der Waals surface area contributed by atoms with Gasteiger partial charge in [-0.25, -0.2) is 0 Å². The van der Waals surface area contributed by atoms with Gasteiger partial charge in [-0.3, -0.25) is 9.98 Å². The Kier molecular flexibility index (Phi) is 9.01. The molecule has 0 amide bonds. The van der Waals surface area contributed by atoms with Crippen molar-refractivity contribution in [2.75, 3.05) is 0 Å². The zero-order chi connectivity index (χ0) is 13.3. The third-order valence-electron chi connectivity index (χ3n) is 3.21. The van der Waals surface area contributed by atoms with Crippen LogP contribution in [0.15, 0.2) is 9.98 Å². The molecule has 0 radical (unpaired) electrons. The molecule has 0 bridgehead atoms. The molecule has 0 saturated carbocycles. The Balaban J connectivity index is 4.62. The van der Waals surface area contributed by atoms with Gasteiger partial charge in [0.05, 0.1) is 0 Å². The van der Waals surface area contributed by atoms with E-state index in [2.05, 4.69) is 41.5 Å². The van der Waals surface area contributed by atoms with Crippen molar-refractivity contribution < 1.29 is 0 Å². The Hall–Kier alpha value is -0.660. The summed E-state index contributed by atoms with van der Waals surface area (Å²) < 4.78 is 0. The number of nitrogens with zero attached hydrogens (tertiary/aromatic N) is 2. The first-order valence-electron chi connectivity index (χ1n) is 7.18. The van der Waals surface area contributed by atoms with Crippen molar-refractivity contribution in [1.82, 2.24) is 0 Å². The minimum absolute atomic E-state index is 0.451. The molecule has 0 aromatic carbocycles. The Bertz CT molecular complexity index is 228. The molecule has 0 heterocycles. The van der Waals surface area contributed by atoms with E-state index in [-0.39, 0.29) is 0 Å². The molecule has 0 aromatic rings. The van der Waals surface area contributed by atoms with Gasteiger partial charge in [0.2, 0.25) is 0 Å². The molecule has 17 heavy (non-hydrogen) atoms. The topological polar surface area (TPSA) is 24.7 Å². The fourth-order valence-electron chi connectivity index (χ4n) is 1.57. The molecule has 2 atom stereocenters. The van der Waals surface area contributed by atoms with E-state index >= 15 is 0 Å². The van der Waals surface area contributed by atoms with Crippen LogP contribution >= 0.6 is 0 Å². The van der Waals surface area contributed by atoms with Crippen LogP contribution in [0, 0.1) is 0 Å². The van der Waals surface area contributed by atoms with Crippen LogP contribution in [0.2, 0.25) is 0 Å². The van der Waals surface area contributed by atoms with Gasteiger partial charge in [-0.1, -0.05) is 27.7 Å². The van der Waals surface area contributed by atoms with Crippen LogP contribution in [0.1, 0.15) is 73.6 Å². The normalized spacial score (nSPS) is 17.1. The van der Waals surface area contributed by atoms with E-state index in [1.54, 1.807) is 0 Å². The Morgan fingerprint density at radius 2 is 1.12 bits per heavy atom. The summed E-state index contributed by atoms with van der Waals surface area (Å²) in [6.45, 7) is 13.1. The van der Waals surface area contributed by atoms with Crippen LogP contribution in [0.3, 0.4) is 0 Å². The fraction of sp³-hybridized carbons (Fsp3) is 0.867. The maximum atomic E-state index is 4.77. The monoisotopic (exact) mass is 238 g/mol. The van der Waals surface area contributed by atoms with Crippen molar-refractivity contribution in [3.63, 3.8) is 0 Å². The van der Waals surface area contributed by atoms with Crippen LogP contribution in [-0.4, -0.2) is 23.5 Å². The molecule has 0 rings (SSSR count). The summed E-state index contributed by atoms with van der Waals surface area (Å²) in [5.41, 5.74) is 2.62. The van der Waals surface area contributed by atoms with Crippen molar-refractivity contribution in [2.45, 2.75) is 85.7 Å². The molecule has 2 heteroatoms. The molecule has 0 aromatic heterocycles. The van der Waals surface area contributed by atoms with Gasteiger partial charge in [-0.2, -0.15) is 0 Å². The molecule has 0 spiro atoms. The number of hydrogen-bond donors (Lipinski definition) is 0. The van der Waals surface area contributed by atoms with E-state index in [1.165, 1.54) is 11.4 Å². The average molecular weight is 238 g/mol. The highest BCUT2D eigenvalue weighted by Crippen LogP contribution is 2.07. The second kappa shape index (κ2) is 9.38. The molecule has 2 nitrogen and oxygen atoms in total. The van der Waals surface area contributed by atoms with E-state index in [9.17, 15) is 0 Å². The summed E-state index contributed by atoms with van der Waals surface area (Å²) in [6, 6.07) is 0.901. The zero-order valence-corrected chi connectivity index (χ0v) is 12.6. The van der Waals surface area contributed by atoms with Crippen LogP contribution < -0.4 is 0 Å². The molecule has 0 aliphatic carbocycles. The summed E-state index contributed by atoms with van der Waals surface area (Å²) in [5.74, 6) is 0. The van der Waals surface area contributed by atoms with Crippen molar-refractivity contribution >= 4 is 11.4 Å². The Morgan fingerprint density at radius 1 is 0.765 bits per heavy atom. The summed E-state index contributed by atoms with van der Waals surface area (Å²) in [5, 5.41) is 0. The lowest BCUT2D eigenvalue weighted by Crippen LogP contribution is -2.12. The van der Waals surface area contributed by atoms with Gasteiger partial charge in [-0.05, 0) is 39.5 Å². The largest absolute Gasteiger partial charge is 0.291 e. The maximum absolute atomic E-state index is 4.77. The predicted molar refractivity (Wildman–Crippen MR) is 79.6 cm³/mol. The first kappa shape index (κ1) is 16.3. The summed E-state index contributed by atoms with van der Waals surface area (Å²) in [4.78, 5) is 9.54. The van der Waals surface area contributed by atoms with Gasteiger partial charge < -0.3 is 0 Å². The van der Waals surface area contributed by atoms with Gasteiger partial charge in [-0.15, -0.1) is 0 Å². The average Bonchev–Trinajstić information content (AvgIpc) is 2.36. The van der Waals surface area contributed by atoms with E-state index < -0.39 is 0 Å². The van der Waals surface area contributed by atoms with Gasteiger partial charge in [0.1, 0.15) is 0 Å². The highest BCUT2D eigenvalue weighted by Gasteiger charge is 2.06. The smallest absolute Gasteiger partial charge is 0.0468 e. The quantitative estimate of drug-likeness (QED) is 0.549. The summed E-state index contributed by atoms with van der Waals surface area (Å²) in [7, 11) is 0. The van der Waals surface area contributed by atoms with Crippen molar-refractivity contribution in [1.29, 1.82) is 0 Å². The minimum Gasteiger partial charge on any atom is -0.291 e. The maximum Gasteiger partial charge on any atom is 0.0468 e. The third kappa shape index (κ3) is 7.30. The number of aliphatic imine (C=N–C) groups is 2. The Labute approximate surface area is 108 Å². The van der Waals surface area contributed by atoms with E-state index in [4.69, 9.17) is 9.98 Å². The lowest BCUT2D eigenvalue weighted by atomic mass is 10.1. The first-order chi connectivity index (χ1) is 8.07. The zero-order valence-electron chi connectivity index (χ0n) is 12.6. The van der Waals surface area contributed by atoms with Crippen LogP contribution in [-0.2, 0) is 0 Å². The van der Waals surface area contributed by atoms with Gasteiger partial charge in [0, 0.05) is 29.9 Å². The minimum atomic E-state index is 0.451. The van der Waals surface area contributed by atoms with Crippen LogP contribution in [0.25, 0.3) is 0 Å². The lowest BCUT2D eigenvalue weighted by molar-refractivity contribution is 0.708. The standard InChI is InChI=1S/C15H30N2/c1-7-12(5)16-14(9-3)11-15(10-4)17-13(6)8-2/h12-13H,7-11H2,1-6H3. The highest BCUT2D eigenvalue weighted by atomic mass is 14.8. The molecular formula is C15H30N2. The second-order valence-electron chi connectivity index (χ2n) is 4.79. The molecule has 0 saturated heterocycles. The van der Waals surface area contributed by atoms with Gasteiger partial charge in [0.15, 0.2) is 0 Å². The third-order valence-corrected chi connectivity index (χ3v) is 3.21. The van der Waals surface area contributed by atoms with Crippen molar-refractivity contribution in [3.8, 4) is 0 Å². The van der Waals surface area contributed by atoms with Gasteiger partial charge >= 0.3 is 0 Å². The van der Waals surface area contributed by atoms with E-state index in [0.717, 1.165) is 32.1 Å². The second-order valence-corrected chi connectivity index (χ2v) is 4.79. The summed E-state index contributed by atoms with van der Waals surface area (Å²) in [6.07, 6.45) is 5.30. The van der Waals surface area contributed by atoms with E-state index in [0.29, 0.717) is 12.1 Å². The molecular weight excluding hydrogens is 208 g/mol. The molecule has 2 unspecified atom stereocenters. The van der Waals surface area contributed by atoms with Crippen LogP contribution in [0.4, 0.5) is 0 Å². The number of rotatable bonds is 8. The van der Waals surface area contributed by atoms with E-state index in [1.807, 2.05) is 0 Å². The van der Waals surface area contributed by atoms with Crippen LogP contribution in [0.5, 0.6) is 0 Å². The van der Waals surface area contributed by atoms with Crippen molar-refractivity contribution in [3.05, 3.63) is 0 Å².